The van der Waals surface area contributed by atoms with E-state index in [4.69, 9.17) is 0 Å². The van der Waals surface area contributed by atoms with E-state index in [0.29, 0.717) is 10.5 Å². The summed E-state index contributed by atoms with van der Waals surface area (Å²) in [4.78, 5) is 12.7. The normalized spacial score (nSPS) is 23.6. The molecular weight excluding hydrogens is 234 g/mol. The molecule has 2 rings (SSSR count). The summed E-state index contributed by atoms with van der Waals surface area (Å²) in [5, 5.41) is 12.2. The van der Waals surface area contributed by atoms with Crippen molar-refractivity contribution in [3.8, 4) is 0 Å². The second-order valence-electron chi connectivity index (χ2n) is 4.47. The van der Waals surface area contributed by atoms with Crippen LogP contribution in [-0.4, -0.2) is 23.7 Å². The lowest BCUT2D eigenvalue weighted by atomic mass is 10.0. The molecule has 0 aromatic heterocycles. The van der Waals surface area contributed by atoms with E-state index in [1.165, 1.54) is 0 Å². The molecule has 0 heterocycles. The van der Waals surface area contributed by atoms with Crippen LogP contribution in [0.25, 0.3) is 0 Å². The van der Waals surface area contributed by atoms with Crippen molar-refractivity contribution in [2.24, 2.45) is 5.92 Å². The number of carbonyl (C=O) groups is 1. The average Bonchev–Trinajstić information content (AvgIpc) is 2.76. The Morgan fingerprint density at radius 2 is 2.18 bits per heavy atom. The number of aliphatic hydroxyl groups excluding tert-OH is 1. The Kier molecular flexibility index (Phi) is 4.07. The summed E-state index contributed by atoms with van der Waals surface area (Å²) in [6.07, 6.45) is 3.01. The van der Waals surface area contributed by atoms with Crippen LogP contribution >= 0.6 is 12.6 Å². The predicted molar refractivity (Wildman–Crippen MR) is 69.4 cm³/mol. The van der Waals surface area contributed by atoms with Gasteiger partial charge in [-0.1, -0.05) is 18.6 Å². The maximum atomic E-state index is 12.0. The summed E-state index contributed by atoms with van der Waals surface area (Å²) in [7, 11) is 0. The number of thiol groups is 1. The van der Waals surface area contributed by atoms with Gasteiger partial charge in [-0.3, -0.25) is 4.79 Å². The van der Waals surface area contributed by atoms with E-state index < -0.39 is 0 Å². The first kappa shape index (κ1) is 12.5. The third kappa shape index (κ3) is 2.82. The zero-order valence-corrected chi connectivity index (χ0v) is 10.5. The predicted octanol–water partition coefficient (Wildman–Crippen LogP) is 1.87. The third-order valence-corrected chi connectivity index (χ3v) is 3.75. The lowest BCUT2D eigenvalue weighted by Gasteiger charge is -2.19. The standard InChI is InChI=1S/C13H17NO2S/c15-8-9-4-3-6-11(9)14-13(16)10-5-1-2-7-12(10)17/h1-2,5,7,9,11,15,17H,3-4,6,8H2,(H,14,16). The molecule has 1 saturated carbocycles. The molecule has 1 aromatic rings. The van der Waals surface area contributed by atoms with Crippen molar-refractivity contribution < 1.29 is 9.90 Å². The van der Waals surface area contributed by atoms with E-state index in [1.54, 1.807) is 12.1 Å². The Balaban J connectivity index is 2.04. The van der Waals surface area contributed by atoms with Crippen LogP contribution in [0.2, 0.25) is 0 Å². The molecule has 17 heavy (non-hydrogen) atoms. The molecule has 1 aliphatic carbocycles. The Hall–Kier alpha value is -1.00. The van der Waals surface area contributed by atoms with Gasteiger partial charge < -0.3 is 10.4 Å². The van der Waals surface area contributed by atoms with Crippen LogP contribution in [0.3, 0.4) is 0 Å². The van der Waals surface area contributed by atoms with Gasteiger partial charge in [-0.2, -0.15) is 0 Å². The van der Waals surface area contributed by atoms with Gasteiger partial charge in [0.1, 0.15) is 0 Å². The number of benzene rings is 1. The van der Waals surface area contributed by atoms with Gasteiger partial charge in [-0.25, -0.2) is 0 Å². The zero-order chi connectivity index (χ0) is 12.3. The quantitative estimate of drug-likeness (QED) is 0.718. The second-order valence-corrected chi connectivity index (χ2v) is 4.95. The molecule has 2 atom stereocenters. The first-order valence-electron chi connectivity index (χ1n) is 5.92. The number of aliphatic hydroxyl groups is 1. The minimum absolute atomic E-state index is 0.0963. The van der Waals surface area contributed by atoms with Crippen LogP contribution in [0.1, 0.15) is 29.6 Å². The van der Waals surface area contributed by atoms with Crippen molar-refractivity contribution in [3.05, 3.63) is 29.8 Å². The fourth-order valence-corrected chi connectivity index (χ4v) is 2.62. The highest BCUT2D eigenvalue weighted by molar-refractivity contribution is 7.80. The van der Waals surface area contributed by atoms with E-state index in [0.717, 1.165) is 19.3 Å². The molecule has 1 fully saturated rings. The van der Waals surface area contributed by atoms with Gasteiger partial charge in [0, 0.05) is 23.5 Å². The monoisotopic (exact) mass is 251 g/mol. The van der Waals surface area contributed by atoms with Gasteiger partial charge in [-0.15, -0.1) is 12.6 Å². The SMILES string of the molecule is O=C(NC1CCCC1CO)c1ccccc1S. The summed E-state index contributed by atoms with van der Waals surface area (Å²) in [5.74, 6) is 0.104. The minimum Gasteiger partial charge on any atom is -0.396 e. The van der Waals surface area contributed by atoms with Gasteiger partial charge in [-0.05, 0) is 25.0 Å². The van der Waals surface area contributed by atoms with Crippen molar-refractivity contribution in [1.82, 2.24) is 5.32 Å². The van der Waals surface area contributed by atoms with E-state index in [2.05, 4.69) is 17.9 Å². The van der Waals surface area contributed by atoms with Crippen LogP contribution in [0.15, 0.2) is 29.2 Å². The summed E-state index contributed by atoms with van der Waals surface area (Å²) in [5.41, 5.74) is 0.597. The topological polar surface area (TPSA) is 49.3 Å². The summed E-state index contributed by atoms with van der Waals surface area (Å²) >= 11 is 4.27. The van der Waals surface area contributed by atoms with Crippen molar-refractivity contribution in [1.29, 1.82) is 0 Å². The maximum absolute atomic E-state index is 12.0. The van der Waals surface area contributed by atoms with E-state index in [1.807, 2.05) is 12.1 Å². The van der Waals surface area contributed by atoms with Crippen molar-refractivity contribution >= 4 is 18.5 Å². The number of hydrogen-bond donors (Lipinski definition) is 3. The minimum atomic E-state index is -0.0963. The first-order valence-corrected chi connectivity index (χ1v) is 6.37. The Morgan fingerprint density at radius 3 is 2.88 bits per heavy atom. The maximum Gasteiger partial charge on any atom is 0.252 e. The van der Waals surface area contributed by atoms with E-state index >= 15 is 0 Å². The van der Waals surface area contributed by atoms with E-state index in [-0.39, 0.29) is 24.5 Å². The Bertz CT molecular complexity index is 408. The van der Waals surface area contributed by atoms with Gasteiger partial charge in [0.05, 0.1) is 5.56 Å². The molecule has 3 nitrogen and oxygen atoms in total. The smallest absolute Gasteiger partial charge is 0.252 e. The van der Waals surface area contributed by atoms with Crippen LogP contribution in [0.4, 0.5) is 0 Å². The van der Waals surface area contributed by atoms with Gasteiger partial charge in [0.15, 0.2) is 0 Å². The van der Waals surface area contributed by atoms with Gasteiger partial charge >= 0.3 is 0 Å². The molecule has 0 spiro atoms. The third-order valence-electron chi connectivity index (χ3n) is 3.36. The fraction of sp³-hybridized carbons (Fsp3) is 0.462. The Labute approximate surface area is 107 Å². The molecule has 1 amide bonds. The van der Waals surface area contributed by atoms with Crippen LogP contribution in [0.5, 0.6) is 0 Å². The van der Waals surface area contributed by atoms with Crippen LogP contribution in [-0.2, 0) is 0 Å². The molecule has 1 aromatic carbocycles. The lowest BCUT2D eigenvalue weighted by molar-refractivity contribution is 0.0913. The van der Waals surface area contributed by atoms with Crippen molar-refractivity contribution in [2.75, 3.05) is 6.61 Å². The summed E-state index contributed by atoms with van der Waals surface area (Å²) in [6.45, 7) is 0.146. The highest BCUT2D eigenvalue weighted by Gasteiger charge is 2.28. The largest absolute Gasteiger partial charge is 0.396 e. The van der Waals surface area contributed by atoms with E-state index in [9.17, 15) is 9.90 Å². The van der Waals surface area contributed by atoms with Crippen molar-refractivity contribution in [3.63, 3.8) is 0 Å². The molecule has 0 radical (unpaired) electrons. The van der Waals surface area contributed by atoms with Gasteiger partial charge in [0.25, 0.3) is 5.91 Å². The second kappa shape index (κ2) is 5.56. The molecule has 0 bridgehead atoms. The van der Waals surface area contributed by atoms with Gasteiger partial charge in [0.2, 0.25) is 0 Å². The average molecular weight is 251 g/mol. The highest BCUT2D eigenvalue weighted by Crippen LogP contribution is 2.25. The molecule has 1 aliphatic rings. The van der Waals surface area contributed by atoms with Crippen LogP contribution in [0, 0.1) is 5.92 Å². The highest BCUT2D eigenvalue weighted by atomic mass is 32.1. The molecule has 2 unspecified atom stereocenters. The Morgan fingerprint density at radius 1 is 1.41 bits per heavy atom. The molecule has 92 valence electrons. The number of carbonyl (C=O) groups excluding carboxylic acids is 1. The summed E-state index contributed by atoms with van der Waals surface area (Å²) in [6, 6.07) is 7.34. The fourth-order valence-electron chi connectivity index (χ4n) is 2.36. The number of rotatable bonds is 3. The number of hydrogen-bond acceptors (Lipinski definition) is 3. The first-order chi connectivity index (χ1) is 8.22. The van der Waals surface area contributed by atoms with Crippen LogP contribution < -0.4 is 5.32 Å². The number of amides is 1. The zero-order valence-electron chi connectivity index (χ0n) is 9.60. The lowest BCUT2D eigenvalue weighted by Crippen LogP contribution is -2.38. The molecular formula is C13H17NO2S. The summed E-state index contributed by atoms with van der Waals surface area (Å²) < 4.78 is 0. The molecule has 4 heteroatoms. The number of nitrogens with one attached hydrogen (secondary N) is 1. The molecule has 2 N–H and O–H groups in total. The molecule has 0 saturated heterocycles. The van der Waals surface area contributed by atoms with Crippen molar-refractivity contribution in [2.45, 2.75) is 30.2 Å². The molecule has 0 aliphatic heterocycles.